The van der Waals surface area contributed by atoms with E-state index in [9.17, 15) is 18.8 Å². The van der Waals surface area contributed by atoms with Gasteiger partial charge in [0.25, 0.3) is 0 Å². The highest BCUT2D eigenvalue weighted by Gasteiger charge is 2.53. The Bertz CT molecular complexity index is 784. The van der Waals surface area contributed by atoms with Crippen molar-refractivity contribution in [1.29, 1.82) is 0 Å². The average molecular weight is 385 g/mol. The molecule has 27 heavy (non-hydrogen) atoms. The lowest BCUT2D eigenvalue weighted by Gasteiger charge is -2.18. The summed E-state index contributed by atoms with van der Waals surface area (Å²) < 4.78 is 35.6. The van der Waals surface area contributed by atoms with Crippen molar-refractivity contribution in [1.82, 2.24) is 9.55 Å². The molecule has 11 heteroatoms. The second-order valence-electron chi connectivity index (χ2n) is 6.24. The van der Waals surface area contributed by atoms with Crippen LogP contribution in [0.5, 0.6) is 0 Å². The van der Waals surface area contributed by atoms with Crippen LogP contribution in [-0.2, 0) is 18.9 Å². The van der Waals surface area contributed by atoms with E-state index in [4.69, 9.17) is 18.9 Å². The van der Waals surface area contributed by atoms with Crippen molar-refractivity contribution in [2.45, 2.75) is 57.6 Å². The average Bonchev–Trinajstić information content (AvgIpc) is 3.13. The molecule has 4 atom stereocenters. The van der Waals surface area contributed by atoms with Gasteiger partial charge in [0.05, 0.1) is 18.9 Å². The molecule has 0 bridgehead atoms. The zero-order valence-electron chi connectivity index (χ0n) is 14.8. The number of rotatable bonds is 6. The summed E-state index contributed by atoms with van der Waals surface area (Å²) in [5, 5.41) is 2.10. The molecular weight excluding hydrogens is 365 g/mol. The summed E-state index contributed by atoms with van der Waals surface area (Å²) in [6.07, 6.45) is -1.64. The lowest BCUT2D eigenvalue weighted by molar-refractivity contribution is -0.0524. The van der Waals surface area contributed by atoms with Crippen molar-refractivity contribution in [2.75, 3.05) is 11.9 Å². The van der Waals surface area contributed by atoms with E-state index in [1.807, 2.05) is 6.92 Å². The van der Waals surface area contributed by atoms with Gasteiger partial charge < -0.3 is 18.9 Å². The third-order valence-electron chi connectivity index (χ3n) is 4.27. The number of hydrogen-bond donors (Lipinski definition) is 1. The van der Waals surface area contributed by atoms with Crippen molar-refractivity contribution in [3.8, 4) is 0 Å². The van der Waals surface area contributed by atoms with Gasteiger partial charge in [-0.3, -0.25) is 9.88 Å². The van der Waals surface area contributed by atoms with E-state index in [0.29, 0.717) is 6.42 Å². The summed E-state index contributed by atoms with van der Waals surface area (Å²) in [4.78, 5) is 38.7. The van der Waals surface area contributed by atoms with Gasteiger partial charge in [0, 0.05) is 0 Å². The van der Waals surface area contributed by atoms with Gasteiger partial charge >= 0.3 is 17.9 Å². The Hall–Kier alpha value is -2.69. The van der Waals surface area contributed by atoms with Crippen LogP contribution in [0.3, 0.4) is 0 Å². The molecule has 1 aromatic rings. The Kier molecular flexibility index (Phi) is 5.59. The van der Waals surface area contributed by atoms with Crippen molar-refractivity contribution < 1.29 is 32.9 Å². The van der Waals surface area contributed by atoms with Gasteiger partial charge in [-0.1, -0.05) is 19.8 Å². The van der Waals surface area contributed by atoms with Crippen molar-refractivity contribution >= 4 is 18.1 Å². The molecule has 0 saturated carbocycles. The zero-order chi connectivity index (χ0) is 19.6. The maximum Gasteiger partial charge on any atom is 0.509 e. The number of ether oxygens (including phenoxy) is 4. The van der Waals surface area contributed by atoms with Crippen molar-refractivity contribution in [3.05, 3.63) is 22.5 Å². The van der Waals surface area contributed by atoms with E-state index < -0.39 is 54.1 Å². The summed E-state index contributed by atoms with van der Waals surface area (Å²) in [6.45, 7) is 3.82. The minimum Gasteiger partial charge on any atom is -0.449 e. The van der Waals surface area contributed by atoms with Crippen LogP contribution in [-0.4, -0.2) is 46.7 Å². The maximum atomic E-state index is 14.3. The first-order chi connectivity index (χ1) is 12.9. The van der Waals surface area contributed by atoms with Crippen LogP contribution < -0.4 is 11.0 Å². The molecule has 148 valence electrons. The van der Waals surface area contributed by atoms with Gasteiger partial charge in [-0.2, -0.15) is 4.98 Å². The largest absolute Gasteiger partial charge is 0.509 e. The number of nitrogens with zero attached hydrogens (tertiary/aromatic N) is 2. The third-order valence-corrected chi connectivity index (χ3v) is 4.27. The standard InChI is InChI=1S/C16H20FN3O7/c1-3-4-5-6-24-15(22)19-12-9(17)7-20(14(21)18-12)13-11-10(8(2)25-13)26-16(23)27-11/h7-8,10-11,13H,3-6H2,1-2H3,(H,18,19,21,22)/t8-,10-,11-,13-/m1/s1. The maximum absolute atomic E-state index is 14.3. The topological polar surface area (TPSA) is 118 Å². The van der Waals surface area contributed by atoms with Gasteiger partial charge in [-0.05, 0) is 13.3 Å². The number of halogens is 1. The summed E-state index contributed by atoms with van der Waals surface area (Å²) in [6, 6.07) is 0. The smallest absolute Gasteiger partial charge is 0.449 e. The molecule has 1 N–H and O–H groups in total. The number of unbranched alkanes of at least 4 members (excludes halogenated alkanes) is 2. The predicted octanol–water partition coefficient (Wildman–Crippen LogP) is 1.94. The SMILES string of the molecule is CCCCCOC(=O)Nc1nc(=O)n([C@@H]2O[C@H](C)[C@H]3OC(=O)O[C@H]32)cc1F. The molecule has 3 rings (SSSR count). The number of carbonyl (C=O) groups excluding carboxylic acids is 2. The molecule has 2 aliphatic rings. The predicted molar refractivity (Wildman–Crippen MR) is 87.7 cm³/mol. The minimum absolute atomic E-state index is 0.181. The molecule has 1 amide bonds. The Morgan fingerprint density at radius 1 is 1.33 bits per heavy atom. The van der Waals surface area contributed by atoms with Gasteiger partial charge in [0.2, 0.25) is 0 Å². The van der Waals surface area contributed by atoms with Crippen LogP contribution in [0.1, 0.15) is 39.3 Å². The molecule has 0 radical (unpaired) electrons. The zero-order valence-corrected chi connectivity index (χ0v) is 14.8. The normalized spacial score (nSPS) is 26.3. The molecule has 0 unspecified atom stereocenters. The van der Waals surface area contributed by atoms with E-state index in [0.717, 1.165) is 23.6 Å². The van der Waals surface area contributed by atoms with E-state index in [1.54, 1.807) is 6.92 Å². The van der Waals surface area contributed by atoms with Crippen LogP contribution in [0, 0.1) is 5.82 Å². The lowest BCUT2D eigenvalue weighted by atomic mass is 10.1. The summed E-state index contributed by atoms with van der Waals surface area (Å²) in [5.74, 6) is -1.52. The first-order valence-corrected chi connectivity index (χ1v) is 8.66. The van der Waals surface area contributed by atoms with Gasteiger partial charge in [0.1, 0.15) is 0 Å². The van der Waals surface area contributed by atoms with Gasteiger partial charge in [-0.15, -0.1) is 0 Å². The minimum atomic E-state index is -1.08. The summed E-state index contributed by atoms with van der Waals surface area (Å²) >= 11 is 0. The van der Waals surface area contributed by atoms with Crippen LogP contribution in [0.4, 0.5) is 19.8 Å². The van der Waals surface area contributed by atoms with Crippen LogP contribution in [0.2, 0.25) is 0 Å². The lowest BCUT2D eigenvalue weighted by Crippen LogP contribution is -2.35. The molecule has 0 aliphatic carbocycles. The molecular formula is C16H20FN3O7. The monoisotopic (exact) mass is 385 g/mol. The van der Waals surface area contributed by atoms with E-state index in [-0.39, 0.29) is 6.61 Å². The Balaban J connectivity index is 1.71. The third kappa shape index (κ3) is 4.02. The first-order valence-electron chi connectivity index (χ1n) is 8.66. The fourth-order valence-corrected chi connectivity index (χ4v) is 2.93. The Morgan fingerprint density at radius 3 is 2.81 bits per heavy atom. The van der Waals surface area contributed by atoms with Crippen molar-refractivity contribution in [2.24, 2.45) is 0 Å². The Morgan fingerprint density at radius 2 is 2.07 bits per heavy atom. The Labute approximate surface area is 153 Å². The molecule has 0 spiro atoms. The van der Waals surface area contributed by atoms with Crippen molar-refractivity contribution in [3.63, 3.8) is 0 Å². The number of hydrogen-bond acceptors (Lipinski definition) is 8. The molecule has 3 heterocycles. The number of aromatic nitrogens is 2. The van der Waals surface area contributed by atoms with Gasteiger partial charge in [0.15, 0.2) is 30.1 Å². The second-order valence-corrected chi connectivity index (χ2v) is 6.24. The number of fused-ring (bicyclic) bond motifs is 1. The molecule has 1 aromatic heterocycles. The number of amides is 1. The molecule has 10 nitrogen and oxygen atoms in total. The number of carbonyl (C=O) groups is 2. The highest BCUT2D eigenvalue weighted by atomic mass is 19.1. The van der Waals surface area contributed by atoms with E-state index >= 15 is 0 Å². The van der Waals surface area contributed by atoms with Crippen LogP contribution >= 0.6 is 0 Å². The van der Waals surface area contributed by atoms with E-state index in [2.05, 4.69) is 10.3 Å². The van der Waals surface area contributed by atoms with Crippen LogP contribution in [0.25, 0.3) is 0 Å². The molecule has 2 fully saturated rings. The number of nitrogens with one attached hydrogen (secondary N) is 1. The highest BCUT2D eigenvalue weighted by Crippen LogP contribution is 2.37. The highest BCUT2D eigenvalue weighted by molar-refractivity contribution is 5.83. The fraction of sp³-hybridized carbons (Fsp3) is 0.625. The van der Waals surface area contributed by atoms with Crippen LogP contribution in [0.15, 0.2) is 11.0 Å². The first kappa shape index (κ1) is 19.1. The molecule has 2 saturated heterocycles. The van der Waals surface area contributed by atoms with Gasteiger partial charge in [-0.25, -0.2) is 18.8 Å². The number of anilines is 1. The quantitative estimate of drug-likeness (QED) is 0.583. The van der Waals surface area contributed by atoms with E-state index in [1.165, 1.54) is 0 Å². The fourth-order valence-electron chi connectivity index (χ4n) is 2.93. The molecule has 0 aromatic carbocycles. The summed E-state index contributed by atoms with van der Waals surface area (Å²) in [5.41, 5.74) is -0.890. The second kappa shape index (κ2) is 7.91. The molecule has 2 aliphatic heterocycles. The summed E-state index contributed by atoms with van der Waals surface area (Å²) in [7, 11) is 0.